The number of pyridine rings is 1. The number of H-pyrrole nitrogens is 1. The molecular formula is C21H20ClN3O2. The zero-order valence-electron chi connectivity index (χ0n) is 14.7. The molecule has 1 unspecified atom stereocenters. The summed E-state index contributed by atoms with van der Waals surface area (Å²) in [5, 5.41) is 7.76. The van der Waals surface area contributed by atoms with Crippen molar-refractivity contribution in [2.75, 3.05) is 11.9 Å². The minimum atomic E-state index is -0.204. The van der Waals surface area contributed by atoms with Gasteiger partial charge in [-0.15, -0.1) is 0 Å². The van der Waals surface area contributed by atoms with E-state index in [1.807, 2.05) is 6.07 Å². The van der Waals surface area contributed by atoms with E-state index in [0.717, 1.165) is 24.6 Å². The number of fused-ring (bicyclic) bond motifs is 2. The molecule has 1 aromatic heterocycles. The average molecular weight is 382 g/mol. The molecule has 0 saturated carbocycles. The maximum atomic E-state index is 12.4. The summed E-state index contributed by atoms with van der Waals surface area (Å²) in [6.07, 6.45) is 4.80. The predicted molar refractivity (Wildman–Crippen MR) is 108 cm³/mol. The van der Waals surface area contributed by atoms with Gasteiger partial charge in [0.15, 0.2) is 0 Å². The standard InChI is InChI=1S/C21H20ClN3O2/c22-17-11-16-14(8-9-23-21(16)27)10-19(17)25-20(26)12-24-18-7-3-5-13-4-1-2-6-15(13)18/h1-2,4,6,8-11,18,24H,3,5,7,12H2,(H,23,27)(H,25,26). The smallest absolute Gasteiger partial charge is 0.255 e. The number of aromatic amines is 1. The third-order valence-corrected chi connectivity index (χ3v) is 5.33. The van der Waals surface area contributed by atoms with E-state index in [0.29, 0.717) is 16.1 Å². The minimum absolute atomic E-state index is 0.163. The average Bonchev–Trinajstić information content (AvgIpc) is 2.68. The van der Waals surface area contributed by atoms with Crippen LogP contribution in [0.15, 0.2) is 53.5 Å². The molecule has 4 rings (SSSR count). The van der Waals surface area contributed by atoms with Crippen LogP contribution in [0.2, 0.25) is 5.02 Å². The van der Waals surface area contributed by atoms with E-state index in [4.69, 9.17) is 11.6 Å². The van der Waals surface area contributed by atoms with Crippen LogP contribution in [-0.2, 0) is 11.2 Å². The molecule has 3 aromatic rings. The number of benzene rings is 2. The van der Waals surface area contributed by atoms with Crippen LogP contribution in [0.5, 0.6) is 0 Å². The van der Waals surface area contributed by atoms with E-state index in [2.05, 4.69) is 33.8 Å². The molecule has 1 aliphatic rings. The van der Waals surface area contributed by atoms with Crippen LogP contribution in [0.3, 0.4) is 0 Å². The SMILES string of the molecule is O=C(CNC1CCCc2ccccc21)Nc1cc2cc[nH]c(=O)c2cc1Cl. The van der Waals surface area contributed by atoms with Gasteiger partial charge in [-0.1, -0.05) is 35.9 Å². The van der Waals surface area contributed by atoms with Crippen LogP contribution in [0.25, 0.3) is 10.8 Å². The predicted octanol–water partition coefficient (Wildman–Crippen LogP) is 3.79. The quantitative estimate of drug-likeness (QED) is 0.643. The summed E-state index contributed by atoms with van der Waals surface area (Å²) >= 11 is 6.25. The Kier molecular flexibility index (Phi) is 4.97. The van der Waals surface area contributed by atoms with Crippen LogP contribution in [0.1, 0.15) is 30.0 Å². The first-order valence-corrected chi connectivity index (χ1v) is 9.41. The van der Waals surface area contributed by atoms with Gasteiger partial charge in [0.1, 0.15) is 0 Å². The van der Waals surface area contributed by atoms with Crippen molar-refractivity contribution in [1.29, 1.82) is 0 Å². The number of anilines is 1. The Morgan fingerprint density at radius 2 is 2.07 bits per heavy atom. The fraction of sp³-hybridized carbons (Fsp3) is 0.238. The molecule has 0 bridgehead atoms. The fourth-order valence-corrected chi connectivity index (χ4v) is 3.89. The highest BCUT2D eigenvalue weighted by Gasteiger charge is 2.20. The number of carbonyl (C=O) groups excluding carboxylic acids is 1. The Hall–Kier alpha value is -2.63. The number of carbonyl (C=O) groups is 1. The van der Waals surface area contributed by atoms with E-state index in [1.54, 1.807) is 24.4 Å². The summed E-state index contributed by atoms with van der Waals surface area (Å²) in [6, 6.07) is 13.6. The molecule has 1 aliphatic carbocycles. The molecule has 0 spiro atoms. The lowest BCUT2D eigenvalue weighted by molar-refractivity contribution is -0.115. The van der Waals surface area contributed by atoms with Crippen molar-refractivity contribution in [3.63, 3.8) is 0 Å². The second kappa shape index (κ2) is 7.55. The maximum Gasteiger partial charge on any atom is 0.255 e. The van der Waals surface area contributed by atoms with Crippen molar-refractivity contribution in [3.05, 3.63) is 75.2 Å². The second-order valence-corrected chi connectivity index (χ2v) is 7.21. The number of aryl methyl sites for hydroxylation is 1. The molecular weight excluding hydrogens is 362 g/mol. The number of rotatable bonds is 4. The summed E-state index contributed by atoms with van der Waals surface area (Å²) in [7, 11) is 0. The number of hydrogen-bond acceptors (Lipinski definition) is 3. The fourth-order valence-electron chi connectivity index (χ4n) is 3.68. The topological polar surface area (TPSA) is 74.0 Å². The molecule has 138 valence electrons. The summed E-state index contributed by atoms with van der Waals surface area (Å²) in [5.41, 5.74) is 2.93. The highest BCUT2D eigenvalue weighted by Crippen LogP contribution is 2.29. The molecule has 5 nitrogen and oxygen atoms in total. The third kappa shape index (κ3) is 3.75. The summed E-state index contributed by atoms with van der Waals surface area (Å²) in [5.74, 6) is -0.163. The number of halogens is 1. The first kappa shape index (κ1) is 17.8. The maximum absolute atomic E-state index is 12.4. The first-order valence-electron chi connectivity index (χ1n) is 9.04. The first-order chi connectivity index (χ1) is 13.1. The zero-order chi connectivity index (χ0) is 18.8. The van der Waals surface area contributed by atoms with Gasteiger partial charge in [-0.25, -0.2) is 0 Å². The lowest BCUT2D eigenvalue weighted by Gasteiger charge is -2.26. The van der Waals surface area contributed by atoms with Gasteiger partial charge in [0, 0.05) is 17.6 Å². The van der Waals surface area contributed by atoms with Crippen molar-refractivity contribution in [2.24, 2.45) is 0 Å². The molecule has 27 heavy (non-hydrogen) atoms. The van der Waals surface area contributed by atoms with E-state index >= 15 is 0 Å². The van der Waals surface area contributed by atoms with Gasteiger partial charge >= 0.3 is 0 Å². The molecule has 0 saturated heterocycles. The monoisotopic (exact) mass is 381 g/mol. The van der Waals surface area contributed by atoms with Crippen molar-refractivity contribution < 1.29 is 4.79 Å². The van der Waals surface area contributed by atoms with Crippen LogP contribution >= 0.6 is 11.6 Å². The van der Waals surface area contributed by atoms with Crippen LogP contribution < -0.4 is 16.2 Å². The molecule has 2 aromatic carbocycles. The van der Waals surface area contributed by atoms with Crippen molar-refractivity contribution in [2.45, 2.75) is 25.3 Å². The number of nitrogens with one attached hydrogen (secondary N) is 3. The normalized spacial score (nSPS) is 16.1. The van der Waals surface area contributed by atoms with Gasteiger partial charge < -0.3 is 15.6 Å². The molecule has 0 aliphatic heterocycles. The third-order valence-electron chi connectivity index (χ3n) is 5.01. The van der Waals surface area contributed by atoms with E-state index in [9.17, 15) is 9.59 Å². The highest BCUT2D eigenvalue weighted by atomic mass is 35.5. The Bertz CT molecular complexity index is 1060. The largest absolute Gasteiger partial charge is 0.329 e. The van der Waals surface area contributed by atoms with Gasteiger partial charge in [0.25, 0.3) is 5.56 Å². The summed E-state index contributed by atoms with van der Waals surface area (Å²) in [4.78, 5) is 26.9. The Morgan fingerprint density at radius 3 is 2.96 bits per heavy atom. The Morgan fingerprint density at radius 1 is 1.22 bits per heavy atom. The van der Waals surface area contributed by atoms with Crippen LogP contribution in [-0.4, -0.2) is 17.4 Å². The van der Waals surface area contributed by atoms with Crippen LogP contribution in [0, 0.1) is 0 Å². The number of hydrogen-bond donors (Lipinski definition) is 3. The Labute approximate surface area is 161 Å². The van der Waals surface area contributed by atoms with Crippen molar-refractivity contribution in [3.8, 4) is 0 Å². The minimum Gasteiger partial charge on any atom is -0.329 e. The van der Waals surface area contributed by atoms with Gasteiger partial charge in [0.2, 0.25) is 5.91 Å². The van der Waals surface area contributed by atoms with Gasteiger partial charge in [-0.3, -0.25) is 9.59 Å². The van der Waals surface area contributed by atoms with Crippen molar-refractivity contribution in [1.82, 2.24) is 10.3 Å². The number of aromatic nitrogens is 1. The zero-order valence-corrected chi connectivity index (χ0v) is 15.5. The van der Waals surface area contributed by atoms with Gasteiger partial charge in [0.05, 0.1) is 17.3 Å². The summed E-state index contributed by atoms with van der Waals surface area (Å²) < 4.78 is 0. The van der Waals surface area contributed by atoms with E-state index in [-0.39, 0.29) is 24.1 Å². The summed E-state index contributed by atoms with van der Waals surface area (Å²) in [6.45, 7) is 0.197. The van der Waals surface area contributed by atoms with E-state index < -0.39 is 0 Å². The Balaban J connectivity index is 1.45. The molecule has 1 atom stereocenters. The molecule has 0 radical (unpaired) electrons. The highest BCUT2D eigenvalue weighted by molar-refractivity contribution is 6.34. The molecule has 1 heterocycles. The lowest BCUT2D eigenvalue weighted by atomic mass is 9.88. The second-order valence-electron chi connectivity index (χ2n) is 6.80. The lowest BCUT2D eigenvalue weighted by Crippen LogP contribution is -2.33. The van der Waals surface area contributed by atoms with E-state index in [1.165, 1.54) is 11.1 Å². The van der Waals surface area contributed by atoms with Crippen LogP contribution in [0.4, 0.5) is 5.69 Å². The molecule has 1 amide bonds. The van der Waals surface area contributed by atoms with Gasteiger partial charge in [-0.05, 0) is 54.0 Å². The number of amides is 1. The van der Waals surface area contributed by atoms with Crippen molar-refractivity contribution >= 4 is 34.0 Å². The van der Waals surface area contributed by atoms with Gasteiger partial charge in [-0.2, -0.15) is 0 Å². The molecule has 3 N–H and O–H groups in total. The molecule has 0 fully saturated rings. The molecule has 6 heteroatoms.